The second-order valence-corrected chi connectivity index (χ2v) is 4.64. The van der Waals surface area contributed by atoms with Crippen molar-refractivity contribution in [1.29, 1.82) is 0 Å². The standard InChI is InChI=1S/C8H13Cl2/c1-2-3-7-4-5-8(9,10)6-7/h3,7H,2,4-6H2,1H3. The molecule has 1 aliphatic carbocycles. The molecule has 0 aromatic rings. The number of alkyl halides is 2. The summed E-state index contributed by atoms with van der Waals surface area (Å²) in [6, 6.07) is 0. The van der Waals surface area contributed by atoms with Gasteiger partial charge in [-0.3, -0.25) is 0 Å². The first-order valence-electron chi connectivity index (χ1n) is 3.85. The van der Waals surface area contributed by atoms with Gasteiger partial charge in [0.05, 0.1) is 0 Å². The van der Waals surface area contributed by atoms with E-state index in [-0.39, 0.29) is 0 Å². The minimum Gasteiger partial charge on any atom is -0.102 e. The Morgan fingerprint density at radius 3 is 2.70 bits per heavy atom. The molecule has 1 saturated carbocycles. The highest BCUT2D eigenvalue weighted by atomic mass is 35.5. The lowest BCUT2D eigenvalue weighted by atomic mass is 10.0. The van der Waals surface area contributed by atoms with Crippen molar-refractivity contribution in [1.82, 2.24) is 0 Å². The molecule has 0 aliphatic heterocycles. The van der Waals surface area contributed by atoms with E-state index >= 15 is 0 Å². The first-order chi connectivity index (χ1) is 4.64. The van der Waals surface area contributed by atoms with E-state index in [1.165, 1.54) is 6.42 Å². The van der Waals surface area contributed by atoms with Gasteiger partial charge in [0.15, 0.2) is 0 Å². The summed E-state index contributed by atoms with van der Waals surface area (Å²) < 4.78 is -0.420. The van der Waals surface area contributed by atoms with Gasteiger partial charge in [0, 0.05) is 0 Å². The Balaban J connectivity index is 2.29. The van der Waals surface area contributed by atoms with E-state index in [1.807, 2.05) is 0 Å². The second-order valence-electron chi connectivity index (χ2n) is 3.00. The summed E-state index contributed by atoms with van der Waals surface area (Å²) in [5, 5.41) is 0. The SMILES string of the molecule is CC[CH]C1CCC(Cl)(Cl)C1. The van der Waals surface area contributed by atoms with Gasteiger partial charge in [-0.05, 0) is 31.6 Å². The normalized spacial score (nSPS) is 30.9. The molecular weight excluding hydrogens is 167 g/mol. The summed E-state index contributed by atoms with van der Waals surface area (Å²) in [6.45, 7) is 2.16. The van der Waals surface area contributed by atoms with Gasteiger partial charge in [0.2, 0.25) is 0 Å². The molecule has 59 valence electrons. The molecular formula is C8H13Cl2. The molecule has 0 heterocycles. The van der Waals surface area contributed by atoms with Gasteiger partial charge in [-0.25, -0.2) is 0 Å². The lowest BCUT2D eigenvalue weighted by molar-refractivity contribution is 0.609. The van der Waals surface area contributed by atoms with Crippen molar-refractivity contribution in [3.05, 3.63) is 6.42 Å². The highest BCUT2D eigenvalue weighted by molar-refractivity contribution is 6.48. The molecule has 1 atom stereocenters. The van der Waals surface area contributed by atoms with Crippen LogP contribution in [-0.4, -0.2) is 4.33 Å². The summed E-state index contributed by atoms with van der Waals surface area (Å²) in [6.07, 6.45) is 6.52. The van der Waals surface area contributed by atoms with Crippen molar-refractivity contribution in [3.63, 3.8) is 0 Å². The van der Waals surface area contributed by atoms with Crippen LogP contribution in [0.4, 0.5) is 0 Å². The predicted octanol–water partition coefficient (Wildman–Crippen LogP) is 3.57. The topological polar surface area (TPSA) is 0 Å². The van der Waals surface area contributed by atoms with Crippen LogP contribution in [0.25, 0.3) is 0 Å². The minimum absolute atomic E-state index is 0.420. The van der Waals surface area contributed by atoms with Crippen LogP contribution in [0.2, 0.25) is 0 Å². The smallest absolute Gasteiger partial charge is 0.102 e. The van der Waals surface area contributed by atoms with Crippen molar-refractivity contribution in [2.75, 3.05) is 0 Å². The molecule has 0 aromatic heterocycles. The first-order valence-corrected chi connectivity index (χ1v) is 4.61. The van der Waals surface area contributed by atoms with Crippen molar-refractivity contribution in [3.8, 4) is 0 Å². The maximum atomic E-state index is 5.94. The molecule has 2 heteroatoms. The molecule has 0 saturated heterocycles. The molecule has 0 nitrogen and oxygen atoms in total. The Kier molecular flexibility index (Phi) is 2.88. The molecule has 1 radical (unpaired) electrons. The van der Waals surface area contributed by atoms with E-state index in [9.17, 15) is 0 Å². The Morgan fingerprint density at radius 2 is 2.30 bits per heavy atom. The van der Waals surface area contributed by atoms with Crippen LogP contribution in [0.1, 0.15) is 32.6 Å². The zero-order valence-electron chi connectivity index (χ0n) is 6.24. The summed E-state index contributed by atoms with van der Waals surface area (Å²) in [4.78, 5) is 0. The van der Waals surface area contributed by atoms with Crippen LogP contribution in [0, 0.1) is 12.3 Å². The molecule has 1 aliphatic rings. The number of rotatable bonds is 2. The third-order valence-electron chi connectivity index (χ3n) is 2.01. The van der Waals surface area contributed by atoms with Gasteiger partial charge in [0.25, 0.3) is 0 Å². The van der Waals surface area contributed by atoms with Crippen molar-refractivity contribution in [2.45, 2.75) is 36.9 Å². The number of halogens is 2. The first kappa shape index (κ1) is 8.67. The highest BCUT2D eigenvalue weighted by Gasteiger charge is 2.34. The molecule has 0 amide bonds. The lowest BCUT2D eigenvalue weighted by Crippen LogP contribution is -2.06. The Hall–Kier alpha value is 0.580. The quantitative estimate of drug-likeness (QED) is 0.569. The van der Waals surface area contributed by atoms with Gasteiger partial charge in [-0.1, -0.05) is 13.3 Å². The van der Waals surface area contributed by atoms with Crippen LogP contribution in [-0.2, 0) is 0 Å². The average Bonchev–Trinajstić information content (AvgIpc) is 2.12. The fraction of sp³-hybridized carbons (Fsp3) is 0.875. The molecule has 1 unspecified atom stereocenters. The molecule has 0 N–H and O–H groups in total. The number of hydrogen-bond acceptors (Lipinski definition) is 0. The third-order valence-corrected chi connectivity index (χ3v) is 2.70. The van der Waals surface area contributed by atoms with Gasteiger partial charge in [-0.15, -0.1) is 23.2 Å². The summed E-state index contributed by atoms with van der Waals surface area (Å²) in [5.41, 5.74) is 0. The van der Waals surface area contributed by atoms with Crippen LogP contribution >= 0.6 is 23.2 Å². The molecule has 10 heavy (non-hydrogen) atoms. The van der Waals surface area contributed by atoms with Crippen LogP contribution in [0.3, 0.4) is 0 Å². The zero-order valence-corrected chi connectivity index (χ0v) is 7.75. The van der Waals surface area contributed by atoms with E-state index in [2.05, 4.69) is 13.3 Å². The van der Waals surface area contributed by atoms with Crippen molar-refractivity contribution in [2.24, 2.45) is 5.92 Å². The minimum atomic E-state index is -0.420. The molecule has 0 aromatic carbocycles. The molecule has 0 bridgehead atoms. The fourth-order valence-electron chi connectivity index (χ4n) is 1.52. The van der Waals surface area contributed by atoms with Crippen molar-refractivity contribution < 1.29 is 0 Å². The van der Waals surface area contributed by atoms with E-state index in [0.717, 1.165) is 19.3 Å². The van der Waals surface area contributed by atoms with E-state index in [0.29, 0.717) is 5.92 Å². The molecule has 1 rings (SSSR count). The van der Waals surface area contributed by atoms with E-state index < -0.39 is 4.33 Å². The molecule has 1 fully saturated rings. The zero-order chi connectivity index (χ0) is 7.61. The lowest BCUT2D eigenvalue weighted by Gasteiger charge is -2.10. The van der Waals surface area contributed by atoms with Crippen LogP contribution < -0.4 is 0 Å². The monoisotopic (exact) mass is 179 g/mol. The fourth-order valence-corrected chi connectivity index (χ4v) is 2.13. The van der Waals surface area contributed by atoms with Gasteiger partial charge < -0.3 is 0 Å². The maximum Gasteiger partial charge on any atom is 0.118 e. The Morgan fingerprint density at radius 1 is 1.60 bits per heavy atom. The van der Waals surface area contributed by atoms with Crippen LogP contribution in [0.5, 0.6) is 0 Å². The van der Waals surface area contributed by atoms with Crippen LogP contribution in [0.15, 0.2) is 0 Å². The average molecular weight is 180 g/mol. The summed E-state index contributed by atoms with van der Waals surface area (Å²) >= 11 is 11.9. The van der Waals surface area contributed by atoms with E-state index in [4.69, 9.17) is 23.2 Å². The summed E-state index contributed by atoms with van der Waals surface area (Å²) in [7, 11) is 0. The Labute approximate surface area is 72.9 Å². The summed E-state index contributed by atoms with van der Waals surface area (Å²) in [5.74, 6) is 0.667. The maximum absolute atomic E-state index is 5.94. The highest BCUT2D eigenvalue weighted by Crippen LogP contribution is 2.43. The molecule has 0 spiro atoms. The van der Waals surface area contributed by atoms with E-state index in [1.54, 1.807) is 0 Å². The largest absolute Gasteiger partial charge is 0.118 e. The third kappa shape index (κ3) is 2.32. The van der Waals surface area contributed by atoms with Crippen molar-refractivity contribution >= 4 is 23.2 Å². The van der Waals surface area contributed by atoms with Gasteiger partial charge in [-0.2, -0.15) is 0 Å². The Bertz CT molecular complexity index is 110. The van der Waals surface area contributed by atoms with Gasteiger partial charge in [0.1, 0.15) is 4.33 Å². The van der Waals surface area contributed by atoms with Gasteiger partial charge >= 0.3 is 0 Å². The number of hydrogen-bond donors (Lipinski definition) is 0. The predicted molar refractivity (Wildman–Crippen MR) is 46.4 cm³/mol. The second kappa shape index (κ2) is 3.32.